The highest BCUT2D eigenvalue weighted by molar-refractivity contribution is 5.41. The van der Waals surface area contributed by atoms with Gasteiger partial charge >= 0.3 is 0 Å². The van der Waals surface area contributed by atoms with Crippen LogP contribution in [0.2, 0.25) is 0 Å². The van der Waals surface area contributed by atoms with Gasteiger partial charge in [0.15, 0.2) is 0 Å². The Hall–Kier alpha value is -1.77. The van der Waals surface area contributed by atoms with E-state index in [4.69, 9.17) is 5.73 Å². The average Bonchev–Trinajstić information content (AvgIpc) is 2.69. The number of nitrogens with two attached hydrogens (primary N) is 1. The number of aromatic nitrogens is 2. The molecular formula is C14H17N3. The molecule has 88 valence electrons. The minimum atomic E-state index is 0.314. The summed E-state index contributed by atoms with van der Waals surface area (Å²) in [5.74, 6) is 0.798. The van der Waals surface area contributed by atoms with Gasteiger partial charge in [-0.05, 0) is 37.3 Å². The Balaban J connectivity index is 2.09. The molecular weight excluding hydrogens is 210 g/mol. The van der Waals surface area contributed by atoms with Gasteiger partial charge in [-0.25, -0.2) is 4.68 Å². The van der Waals surface area contributed by atoms with Crippen LogP contribution in [0.5, 0.6) is 0 Å². The summed E-state index contributed by atoms with van der Waals surface area (Å²) in [6.07, 6.45) is 5.36. The van der Waals surface area contributed by atoms with Crippen molar-refractivity contribution in [3.05, 3.63) is 47.2 Å². The first-order chi connectivity index (χ1) is 8.27. The number of benzene rings is 1. The molecule has 1 unspecified atom stereocenters. The molecule has 2 N–H and O–H groups in total. The summed E-state index contributed by atoms with van der Waals surface area (Å²) in [5.41, 5.74) is 9.98. The highest BCUT2D eigenvalue weighted by Gasteiger charge is 2.23. The third-order valence-electron chi connectivity index (χ3n) is 3.66. The molecule has 1 aliphatic rings. The fourth-order valence-corrected chi connectivity index (χ4v) is 2.69. The molecule has 3 nitrogen and oxygen atoms in total. The van der Waals surface area contributed by atoms with Gasteiger partial charge in [-0.2, -0.15) is 5.10 Å². The quantitative estimate of drug-likeness (QED) is 0.814. The maximum absolute atomic E-state index is 6.09. The van der Waals surface area contributed by atoms with Crippen molar-refractivity contribution >= 4 is 5.82 Å². The van der Waals surface area contributed by atoms with Gasteiger partial charge in [0.2, 0.25) is 0 Å². The van der Waals surface area contributed by atoms with Crippen molar-refractivity contribution in [1.82, 2.24) is 9.78 Å². The molecule has 1 aromatic carbocycles. The van der Waals surface area contributed by atoms with E-state index in [0.717, 1.165) is 17.8 Å². The maximum Gasteiger partial charge on any atom is 0.125 e. The predicted octanol–water partition coefficient (Wildman–Crippen LogP) is 2.70. The highest BCUT2D eigenvalue weighted by Crippen LogP contribution is 2.34. The number of nitrogens with zero attached hydrogens (tertiary/aromatic N) is 2. The zero-order chi connectivity index (χ0) is 11.8. The zero-order valence-corrected chi connectivity index (χ0v) is 10.1. The lowest BCUT2D eigenvalue weighted by molar-refractivity contribution is 0.456. The summed E-state index contributed by atoms with van der Waals surface area (Å²) in [7, 11) is 0. The number of hydrogen-bond donors (Lipinski definition) is 1. The van der Waals surface area contributed by atoms with E-state index in [1.54, 1.807) is 0 Å². The molecule has 1 atom stereocenters. The zero-order valence-electron chi connectivity index (χ0n) is 10.1. The lowest BCUT2D eigenvalue weighted by Crippen LogP contribution is -2.19. The monoisotopic (exact) mass is 227 g/mol. The largest absolute Gasteiger partial charge is 0.384 e. The Morgan fingerprint density at radius 3 is 2.94 bits per heavy atom. The van der Waals surface area contributed by atoms with Crippen molar-refractivity contribution in [1.29, 1.82) is 0 Å². The molecule has 1 aliphatic carbocycles. The SMILES string of the molecule is Cc1cnn(C2CCCc3ccccc32)c1N. The van der Waals surface area contributed by atoms with Gasteiger partial charge in [-0.1, -0.05) is 24.3 Å². The fourth-order valence-electron chi connectivity index (χ4n) is 2.69. The summed E-state index contributed by atoms with van der Waals surface area (Å²) in [4.78, 5) is 0. The molecule has 3 rings (SSSR count). The van der Waals surface area contributed by atoms with Crippen molar-refractivity contribution in [3.63, 3.8) is 0 Å². The third kappa shape index (κ3) is 1.62. The second kappa shape index (κ2) is 3.91. The predicted molar refractivity (Wildman–Crippen MR) is 68.9 cm³/mol. The lowest BCUT2D eigenvalue weighted by atomic mass is 9.88. The summed E-state index contributed by atoms with van der Waals surface area (Å²) in [5, 5.41) is 4.43. The second-order valence-corrected chi connectivity index (χ2v) is 4.76. The van der Waals surface area contributed by atoms with E-state index in [1.165, 1.54) is 24.0 Å². The number of hydrogen-bond acceptors (Lipinski definition) is 2. The maximum atomic E-state index is 6.09. The molecule has 0 fully saturated rings. The number of rotatable bonds is 1. The third-order valence-corrected chi connectivity index (χ3v) is 3.66. The minimum Gasteiger partial charge on any atom is -0.384 e. The molecule has 2 aromatic rings. The lowest BCUT2D eigenvalue weighted by Gasteiger charge is -2.26. The van der Waals surface area contributed by atoms with Crippen LogP contribution in [0.15, 0.2) is 30.5 Å². The molecule has 1 heterocycles. The molecule has 0 bridgehead atoms. The molecule has 0 saturated carbocycles. The normalized spacial score (nSPS) is 19.0. The second-order valence-electron chi connectivity index (χ2n) is 4.76. The smallest absolute Gasteiger partial charge is 0.125 e. The van der Waals surface area contributed by atoms with Gasteiger partial charge in [0.1, 0.15) is 5.82 Å². The Morgan fingerprint density at radius 2 is 2.18 bits per heavy atom. The highest BCUT2D eigenvalue weighted by atomic mass is 15.3. The summed E-state index contributed by atoms with van der Waals surface area (Å²) >= 11 is 0. The van der Waals surface area contributed by atoms with Crippen molar-refractivity contribution in [2.75, 3.05) is 5.73 Å². The Morgan fingerprint density at radius 1 is 1.35 bits per heavy atom. The van der Waals surface area contributed by atoms with E-state index in [-0.39, 0.29) is 0 Å². The molecule has 1 aromatic heterocycles. The molecule has 0 radical (unpaired) electrons. The van der Waals surface area contributed by atoms with Crippen LogP contribution < -0.4 is 5.73 Å². The molecule has 0 spiro atoms. The van der Waals surface area contributed by atoms with Crippen molar-refractivity contribution in [2.45, 2.75) is 32.2 Å². The number of anilines is 1. The van der Waals surface area contributed by atoms with Gasteiger partial charge < -0.3 is 5.73 Å². The van der Waals surface area contributed by atoms with Gasteiger partial charge in [0, 0.05) is 5.56 Å². The van der Waals surface area contributed by atoms with E-state index in [2.05, 4.69) is 29.4 Å². The van der Waals surface area contributed by atoms with E-state index < -0.39 is 0 Å². The van der Waals surface area contributed by atoms with Crippen LogP contribution in [0, 0.1) is 6.92 Å². The summed E-state index contributed by atoms with van der Waals surface area (Å²) in [6.45, 7) is 2.01. The molecule has 0 amide bonds. The standard InChI is InChI=1S/C14H17N3/c1-10-9-16-17(14(10)15)13-8-4-6-11-5-2-3-7-12(11)13/h2-3,5,7,9,13H,4,6,8,15H2,1H3. The van der Waals surface area contributed by atoms with Gasteiger partial charge in [-0.3, -0.25) is 0 Å². The van der Waals surface area contributed by atoms with Gasteiger partial charge in [-0.15, -0.1) is 0 Å². The molecule has 17 heavy (non-hydrogen) atoms. The number of aryl methyl sites for hydroxylation is 2. The van der Waals surface area contributed by atoms with E-state index >= 15 is 0 Å². The molecule has 0 aliphatic heterocycles. The Bertz CT molecular complexity index is 542. The van der Waals surface area contributed by atoms with Gasteiger partial charge in [0.05, 0.1) is 12.2 Å². The first-order valence-corrected chi connectivity index (χ1v) is 6.15. The first-order valence-electron chi connectivity index (χ1n) is 6.15. The van der Waals surface area contributed by atoms with Crippen molar-refractivity contribution in [2.24, 2.45) is 0 Å². The Labute approximate surface area is 101 Å². The Kier molecular flexibility index (Phi) is 2.39. The first kappa shape index (κ1) is 10.4. The van der Waals surface area contributed by atoms with E-state index in [9.17, 15) is 0 Å². The van der Waals surface area contributed by atoms with Gasteiger partial charge in [0.25, 0.3) is 0 Å². The van der Waals surface area contributed by atoms with Crippen LogP contribution in [0.3, 0.4) is 0 Å². The van der Waals surface area contributed by atoms with Crippen molar-refractivity contribution < 1.29 is 0 Å². The summed E-state index contributed by atoms with van der Waals surface area (Å²) < 4.78 is 1.98. The number of nitrogen functional groups attached to an aromatic ring is 1. The van der Waals surface area contributed by atoms with Crippen LogP contribution in [-0.4, -0.2) is 9.78 Å². The van der Waals surface area contributed by atoms with Crippen molar-refractivity contribution in [3.8, 4) is 0 Å². The van der Waals surface area contributed by atoms with E-state index in [1.807, 2.05) is 17.8 Å². The van der Waals surface area contributed by atoms with E-state index in [0.29, 0.717) is 6.04 Å². The molecule has 3 heteroatoms. The van der Waals surface area contributed by atoms with Crippen LogP contribution in [0.1, 0.15) is 35.6 Å². The number of fused-ring (bicyclic) bond motifs is 1. The fraction of sp³-hybridized carbons (Fsp3) is 0.357. The van der Waals surface area contributed by atoms with Crippen LogP contribution in [-0.2, 0) is 6.42 Å². The molecule has 0 saturated heterocycles. The average molecular weight is 227 g/mol. The van der Waals surface area contributed by atoms with Crippen LogP contribution in [0.25, 0.3) is 0 Å². The topological polar surface area (TPSA) is 43.8 Å². The van der Waals surface area contributed by atoms with Crippen LogP contribution >= 0.6 is 0 Å². The summed E-state index contributed by atoms with van der Waals surface area (Å²) in [6, 6.07) is 8.94. The van der Waals surface area contributed by atoms with Crippen LogP contribution in [0.4, 0.5) is 5.82 Å². The minimum absolute atomic E-state index is 0.314.